The smallest absolute Gasteiger partial charge is 0.132 e. The predicted octanol–water partition coefficient (Wildman–Crippen LogP) is 2.84. The van der Waals surface area contributed by atoms with E-state index in [1.807, 2.05) is 24.3 Å². The first-order valence-corrected chi connectivity index (χ1v) is 6.72. The van der Waals surface area contributed by atoms with Crippen molar-refractivity contribution in [3.63, 3.8) is 0 Å². The molecule has 1 aromatic heterocycles. The molecule has 1 aromatic carbocycles. The minimum Gasteiger partial charge on any atom is -0.496 e. The van der Waals surface area contributed by atoms with Crippen LogP contribution in [0.25, 0.3) is 0 Å². The van der Waals surface area contributed by atoms with Gasteiger partial charge in [0.25, 0.3) is 0 Å². The molecule has 0 amide bonds. The first kappa shape index (κ1) is 12.9. The molecule has 0 saturated heterocycles. The Morgan fingerprint density at radius 1 is 1.22 bits per heavy atom. The SMILES string of the molecule is COc1ccccc1SCc1cccnc1CN. The molecular weight excluding hydrogens is 244 g/mol. The van der Waals surface area contributed by atoms with Crippen LogP contribution in [0.4, 0.5) is 0 Å². The van der Waals surface area contributed by atoms with Crippen molar-refractivity contribution >= 4 is 11.8 Å². The summed E-state index contributed by atoms with van der Waals surface area (Å²) >= 11 is 1.73. The highest BCUT2D eigenvalue weighted by molar-refractivity contribution is 7.98. The summed E-state index contributed by atoms with van der Waals surface area (Å²) in [5.74, 6) is 1.75. The van der Waals surface area contributed by atoms with E-state index in [0.29, 0.717) is 6.54 Å². The third-order valence-electron chi connectivity index (χ3n) is 2.63. The van der Waals surface area contributed by atoms with Crippen LogP contribution < -0.4 is 10.5 Å². The Hall–Kier alpha value is -1.52. The molecule has 0 spiro atoms. The largest absolute Gasteiger partial charge is 0.496 e. The second-order valence-electron chi connectivity index (χ2n) is 3.75. The Kier molecular flexibility index (Phi) is 4.61. The number of hydrogen-bond donors (Lipinski definition) is 1. The van der Waals surface area contributed by atoms with E-state index in [2.05, 4.69) is 17.1 Å². The van der Waals surface area contributed by atoms with Gasteiger partial charge >= 0.3 is 0 Å². The highest BCUT2D eigenvalue weighted by Crippen LogP contribution is 2.31. The summed E-state index contributed by atoms with van der Waals surface area (Å²) in [6.07, 6.45) is 1.78. The lowest BCUT2D eigenvalue weighted by molar-refractivity contribution is 0.405. The third-order valence-corrected chi connectivity index (χ3v) is 3.73. The topological polar surface area (TPSA) is 48.1 Å². The average molecular weight is 260 g/mol. The fourth-order valence-corrected chi connectivity index (χ4v) is 2.72. The number of benzene rings is 1. The van der Waals surface area contributed by atoms with Gasteiger partial charge in [-0.15, -0.1) is 11.8 Å². The molecule has 0 aliphatic heterocycles. The fraction of sp³-hybridized carbons (Fsp3) is 0.214. The van der Waals surface area contributed by atoms with Crippen LogP contribution in [0.2, 0.25) is 0 Å². The maximum Gasteiger partial charge on any atom is 0.132 e. The molecule has 0 saturated carbocycles. The molecule has 2 aromatic rings. The Labute approximate surface area is 111 Å². The van der Waals surface area contributed by atoms with E-state index in [-0.39, 0.29) is 0 Å². The zero-order valence-corrected chi connectivity index (χ0v) is 11.1. The van der Waals surface area contributed by atoms with E-state index in [4.69, 9.17) is 10.5 Å². The molecule has 0 atom stereocenters. The first-order valence-electron chi connectivity index (χ1n) is 5.74. The normalized spacial score (nSPS) is 10.3. The number of para-hydroxylation sites is 1. The van der Waals surface area contributed by atoms with Gasteiger partial charge in [0.1, 0.15) is 5.75 Å². The molecule has 0 aliphatic rings. The van der Waals surface area contributed by atoms with Crippen LogP contribution in [-0.2, 0) is 12.3 Å². The van der Waals surface area contributed by atoms with Gasteiger partial charge in [-0.05, 0) is 23.8 Å². The number of aromatic nitrogens is 1. The van der Waals surface area contributed by atoms with Crippen LogP contribution in [-0.4, -0.2) is 12.1 Å². The number of methoxy groups -OCH3 is 1. The maximum atomic E-state index is 5.68. The van der Waals surface area contributed by atoms with Gasteiger partial charge in [0, 0.05) is 23.4 Å². The van der Waals surface area contributed by atoms with Crippen molar-refractivity contribution in [1.82, 2.24) is 4.98 Å². The molecule has 3 nitrogen and oxygen atoms in total. The Morgan fingerprint density at radius 3 is 2.83 bits per heavy atom. The summed E-state index contributed by atoms with van der Waals surface area (Å²) in [5.41, 5.74) is 7.81. The highest BCUT2D eigenvalue weighted by atomic mass is 32.2. The summed E-state index contributed by atoms with van der Waals surface area (Å²) in [6, 6.07) is 12.0. The second kappa shape index (κ2) is 6.42. The van der Waals surface area contributed by atoms with E-state index in [1.165, 1.54) is 5.56 Å². The van der Waals surface area contributed by atoms with Crippen molar-refractivity contribution in [2.75, 3.05) is 7.11 Å². The quantitative estimate of drug-likeness (QED) is 0.840. The molecule has 2 N–H and O–H groups in total. The van der Waals surface area contributed by atoms with Gasteiger partial charge in [0.15, 0.2) is 0 Å². The van der Waals surface area contributed by atoms with E-state index in [9.17, 15) is 0 Å². The van der Waals surface area contributed by atoms with E-state index >= 15 is 0 Å². The van der Waals surface area contributed by atoms with Gasteiger partial charge in [0.2, 0.25) is 0 Å². The lowest BCUT2D eigenvalue weighted by atomic mass is 10.2. The van der Waals surface area contributed by atoms with Crippen LogP contribution in [0.3, 0.4) is 0 Å². The maximum absolute atomic E-state index is 5.68. The van der Waals surface area contributed by atoms with Gasteiger partial charge < -0.3 is 10.5 Å². The van der Waals surface area contributed by atoms with Gasteiger partial charge in [-0.1, -0.05) is 18.2 Å². The highest BCUT2D eigenvalue weighted by Gasteiger charge is 2.05. The molecule has 4 heteroatoms. The number of hydrogen-bond acceptors (Lipinski definition) is 4. The van der Waals surface area contributed by atoms with Gasteiger partial charge in [-0.25, -0.2) is 0 Å². The third kappa shape index (κ3) is 3.03. The summed E-state index contributed by atoms with van der Waals surface area (Å²) in [4.78, 5) is 5.41. The Morgan fingerprint density at radius 2 is 2.06 bits per heavy atom. The van der Waals surface area contributed by atoms with Crippen molar-refractivity contribution in [2.45, 2.75) is 17.2 Å². The molecule has 2 rings (SSSR count). The monoisotopic (exact) mass is 260 g/mol. The Balaban J connectivity index is 2.11. The summed E-state index contributed by atoms with van der Waals surface area (Å²) in [6.45, 7) is 0.475. The number of thioether (sulfide) groups is 1. The molecular formula is C14H16N2OS. The molecule has 0 aliphatic carbocycles. The van der Waals surface area contributed by atoms with Gasteiger partial charge in [-0.3, -0.25) is 4.98 Å². The zero-order chi connectivity index (χ0) is 12.8. The number of nitrogens with two attached hydrogens (primary N) is 1. The zero-order valence-electron chi connectivity index (χ0n) is 10.3. The molecule has 0 bridgehead atoms. The minimum atomic E-state index is 0.475. The van der Waals surface area contributed by atoms with Crippen LogP contribution in [0, 0.1) is 0 Å². The van der Waals surface area contributed by atoms with Crippen molar-refractivity contribution in [1.29, 1.82) is 0 Å². The second-order valence-corrected chi connectivity index (χ2v) is 4.77. The van der Waals surface area contributed by atoms with E-state index in [1.54, 1.807) is 25.1 Å². The number of rotatable bonds is 5. The standard InChI is InChI=1S/C14H16N2OS/c1-17-13-6-2-3-7-14(13)18-10-11-5-4-8-16-12(11)9-15/h2-8H,9-10,15H2,1H3. The molecule has 0 radical (unpaired) electrons. The lowest BCUT2D eigenvalue weighted by Crippen LogP contribution is -2.03. The summed E-state index contributed by atoms with van der Waals surface area (Å²) in [7, 11) is 1.69. The van der Waals surface area contributed by atoms with Crippen LogP contribution >= 0.6 is 11.8 Å². The van der Waals surface area contributed by atoms with Crippen molar-refractivity contribution in [3.05, 3.63) is 53.9 Å². The van der Waals surface area contributed by atoms with Crippen LogP contribution in [0.15, 0.2) is 47.5 Å². The van der Waals surface area contributed by atoms with Crippen LogP contribution in [0.1, 0.15) is 11.3 Å². The lowest BCUT2D eigenvalue weighted by Gasteiger charge is -2.09. The van der Waals surface area contributed by atoms with Crippen molar-refractivity contribution in [3.8, 4) is 5.75 Å². The molecule has 0 unspecified atom stereocenters. The number of pyridine rings is 1. The molecule has 18 heavy (non-hydrogen) atoms. The molecule has 0 fully saturated rings. The molecule has 94 valence electrons. The van der Waals surface area contributed by atoms with Crippen molar-refractivity contribution < 1.29 is 4.74 Å². The van der Waals surface area contributed by atoms with Crippen LogP contribution in [0.5, 0.6) is 5.75 Å². The van der Waals surface area contributed by atoms with Crippen molar-refractivity contribution in [2.24, 2.45) is 5.73 Å². The number of nitrogens with zero attached hydrogens (tertiary/aromatic N) is 1. The predicted molar refractivity (Wildman–Crippen MR) is 74.7 cm³/mol. The number of ether oxygens (including phenoxy) is 1. The van der Waals surface area contributed by atoms with E-state index < -0.39 is 0 Å². The average Bonchev–Trinajstić information content (AvgIpc) is 2.45. The molecule has 1 heterocycles. The fourth-order valence-electron chi connectivity index (χ4n) is 1.68. The van der Waals surface area contributed by atoms with Gasteiger partial charge in [-0.2, -0.15) is 0 Å². The van der Waals surface area contributed by atoms with E-state index in [0.717, 1.165) is 22.1 Å². The summed E-state index contributed by atoms with van der Waals surface area (Å²) < 4.78 is 5.33. The minimum absolute atomic E-state index is 0.475. The first-order chi connectivity index (χ1) is 8.85. The van der Waals surface area contributed by atoms with Gasteiger partial charge in [0.05, 0.1) is 12.8 Å². The summed E-state index contributed by atoms with van der Waals surface area (Å²) in [5, 5.41) is 0. The Bertz CT molecular complexity index is 469.